The van der Waals surface area contributed by atoms with E-state index in [0.29, 0.717) is 21.3 Å². The number of H-pyrrole nitrogens is 4. The zero-order chi connectivity index (χ0) is 61.9. The molecule has 83 heavy (non-hydrogen) atoms. The third kappa shape index (κ3) is 13.2. The Balaban J connectivity index is 0.000000138. The first-order valence-electron chi connectivity index (χ1n) is 24.1. The SMILES string of the molecule is [3H]n1ccc(OCc2c(Br)nnnc2-n2nnn(C)c2=O)n1.[3H]n1ccc(OCc2c(Cl)nnnc2-n2nnn(C)c2=O)n1.[3H]n1ccc(OCc2c(F)nnnc2-n2nnn(C)c2=O)n1.[3H]n1ccc(OCc2cnnnc2-n2nnn(C)c2=O)n1. The Morgan fingerprint density at radius 2 is 0.843 bits per heavy atom. The molecule has 47 heteroatoms. The molecule has 44 nitrogen and oxygen atoms in total. The van der Waals surface area contributed by atoms with Crippen molar-refractivity contribution >= 4 is 27.5 Å². The third-order valence-corrected chi connectivity index (χ3v) is 10.9. The van der Waals surface area contributed by atoms with Gasteiger partial charge in [0.25, 0.3) is 0 Å². The van der Waals surface area contributed by atoms with E-state index in [9.17, 15) is 23.6 Å². The number of hydrogen-bond donors (Lipinski definition) is 4. The molecule has 12 aromatic rings. The normalized spacial score (nSPS) is 11.4. The van der Waals surface area contributed by atoms with Gasteiger partial charge in [-0.2, -0.15) is 23.1 Å². The molecule has 0 aliphatic rings. The van der Waals surface area contributed by atoms with Gasteiger partial charge < -0.3 is 18.9 Å². The highest BCUT2D eigenvalue weighted by Gasteiger charge is 2.22. The number of nitrogens with one attached hydrogen (secondary N) is 4. The van der Waals surface area contributed by atoms with Crippen LogP contribution in [-0.4, -0.2) is 182 Å². The highest BCUT2D eigenvalue weighted by Crippen LogP contribution is 2.21. The minimum atomic E-state index is -0.965. The average molecular weight is 1240 g/mol. The van der Waals surface area contributed by atoms with Gasteiger partial charge in [-0.3, -0.25) is 20.4 Å². The number of nitrogens with zero attached hydrogens (tertiary/aromatic N) is 32. The topological polar surface area (TPSA) is 517 Å². The molecule has 0 saturated heterocycles. The molecule has 0 aliphatic carbocycles. The molecule has 0 fully saturated rings. The van der Waals surface area contributed by atoms with Gasteiger partial charge in [-0.15, -0.1) is 74.8 Å². The minimum Gasteiger partial charge on any atom is -0.472 e. The van der Waals surface area contributed by atoms with Crippen LogP contribution in [0.2, 0.25) is 10.8 Å². The van der Waals surface area contributed by atoms with E-state index in [4.69, 9.17) is 36.2 Å². The second-order valence-corrected chi connectivity index (χ2v) is 16.4. The highest BCUT2D eigenvalue weighted by atomic mass is 79.9. The number of aromatic amines is 4. The van der Waals surface area contributed by atoms with Crippen LogP contribution in [0.3, 0.4) is 0 Å². The maximum absolute atomic E-state index is 13.9. The van der Waals surface area contributed by atoms with Crippen molar-refractivity contribution < 1.29 is 29.0 Å². The average Bonchev–Trinajstić information content (AvgIpc) is 2.60. The molecule has 0 aromatic carbocycles. The quantitative estimate of drug-likeness (QED) is 0.0707. The van der Waals surface area contributed by atoms with Crippen LogP contribution in [0, 0.1) is 5.95 Å². The van der Waals surface area contributed by atoms with Crippen LogP contribution < -0.4 is 41.7 Å². The summed E-state index contributed by atoms with van der Waals surface area (Å²) >= 11 is 9.21. The van der Waals surface area contributed by atoms with Crippen molar-refractivity contribution in [2.24, 2.45) is 28.2 Å². The summed E-state index contributed by atoms with van der Waals surface area (Å²) in [7, 11) is 5.76. The lowest BCUT2D eigenvalue weighted by Gasteiger charge is -2.07. The summed E-state index contributed by atoms with van der Waals surface area (Å²) < 4.78 is 72.4. The van der Waals surface area contributed by atoms with E-state index in [-0.39, 0.29) is 83.9 Å². The molecule has 12 heterocycles. The van der Waals surface area contributed by atoms with Crippen LogP contribution >= 0.6 is 27.5 Å². The van der Waals surface area contributed by atoms with E-state index in [1.54, 1.807) is 0 Å². The van der Waals surface area contributed by atoms with Gasteiger partial charge in [0.15, 0.2) is 34.1 Å². The molecule has 0 spiro atoms. The van der Waals surface area contributed by atoms with E-state index in [2.05, 4.69) is 140 Å². The van der Waals surface area contributed by atoms with Crippen LogP contribution in [0.4, 0.5) is 4.39 Å². The largest absolute Gasteiger partial charge is 0.472 e. The van der Waals surface area contributed by atoms with Gasteiger partial charge in [-0.1, -0.05) is 16.7 Å². The molecule has 4 N–H and O–H groups in total. The second kappa shape index (κ2) is 25.8. The van der Waals surface area contributed by atoms with Crippen molar-refractivity contribution in [3.05, 3.63) is 135 Å². The maximum atomic E-state index is 13.9. The number of aromatic nitrogens is 36. The van der Waals surface area contributed by atoms with E-state index in [1.165, 1.54) is 83.4 Å². The fourth-order valence-electron chi connectivity index (χ4n) is 5.97. The first kappa shape index (κ1) is 50.7. The first-order valence-corrected chi connectivity index (χ1v) is 23.5. The summed E-state index contributed by atoms with van der Waals surface area (Å²) in [5.74, 6) is 0.0465. The Bertz CT molecular complexity index is 4240. The molecule has 0 aliphatic heterocycles. The summed E-state index contributed by atoms with van der Waals surface area (Å²) in [5, 5.41) is 90.1. The smallest absolute Gasteiger partial charge is 0.369 e. The summed E-state index contributed by atoms with van der Waals surface area (Å²) in [6, 6.07) is 5.97. The van der Waals surface area contributed by atoms with Gasteiger partial charge in [-0.25, -0.2) is 19.2 Å². The van der Waals surface area contributed by atoms with E-state index in [0.717, 1.165) is 57.8 Å². The number of aryl methyl sites for hydroxylation is 4. The zero-order valence-electron chi connectivity index (χ0n) is 46.0. The summed E-state index contributed by atoms with van der Waals surface area (Å²) in [5.41, 5.74) is -1.03. The highest BCUT2D eigenvalue weighted by molar-refractivity contribution is 9.10. The van der Waals surface area contributed by atoms with Crippen molar-refractivity contribution in [3.8, 4) is 46.8 Å². The number of ether oxygens (including phenoxy) is 4. The number of hydrogen-bond acceptors (Lipinski definition) is 32. The molecule has 0 saturated carbocycles. The van der Waals surface area contributed by atoms with Crippen molar-refractivity contribution in [2.45, 2.75) is 26.4 Å². The Morgan fingerprint density at radius 1 is 0.482 bits per heavy atom. The molecule has 12 aromatic heterocycles. The Hall–Kier alpha value is -11.7. The fraction of sp³-hybridized carbons (Fsp3) is 0.222. The van der Waals surface area contributed by atoms with Crippen LogP contribution in [0.15, 0.2) is 79.0 Å². The predicted octanol–water partition coefficient (Wildman–Crippen LogP) is -4.63. The molecule has 0 atom stereocenters. The molecule has 0 unspecified atom stereocenters. The summed E-state index contributed by atoms with van der Waals surface area (Å²) in [6.45, 7) is -0.378. The Morgan fingerprint density at radius 3 is 1.27 bits per heavy atom. The fourth-order valence-corrected chi connectivity index (χ4v) is 6.50. The van der Waals surface area contributed by atoms with Crippen LogP contribution in [0.25, 0.3) is 23.3 Å². The van der Waals surface area contributed by atoms with Crippen molar-refractivity contribution in [2.75, 3.05) is 0 Å². The number of halogens is 3. The number of rotatable bonds is 16. The molecule has 426 valence electrons. The van der Waals surface area contributed by atoms with Gasteiger partial charge in [0.2, 0.25) is 29.5 Å². The van der Waals surface area contributed by atoms with E-state index >= 15 is 0 Å². The van der Waals surface area contributed by atoms with Gasteiger partial charge >= 0.3 is 22.8 Å². The van der Waals surface area contributed by atoms with Crippen LogP contribution in [0.1, 0.15) is 22.3 Å². The lowest BCUT2D eigenvalue weighted by Crippen LogP contribution is -2.25. The van der Waals surface area contributed by atoms with Gasteiger partial charge in [0.1, 0.15) is 31.0 Å². The molecule has 0 bridgehead atoms. The summed E-state index contributed by atoms with van der Waals surface area (Å²) in [4.78, 5) is 47.5. The predicted molar refractivity (Wildman–Crippen MR) is 264 cm³/mol. The van der Waals surface area contributed by atoms with Gasteiger partial charge in [-0.05, 0) is 78.5 Å². The van der Waals surface area contributed by atoms with E-state index in [1.807, 2.05) is 0 Å². The standard InChI is InChI=1S/C9H8BrN9O2.C9H8ClN9O2.C9H8FN9O2.C9H9N9O2/c3*1-18-9(20)19(17-16-18)8-5(7(10)13-15-14-8)4-21-6-2-3-11-12-6;1-17-9(19)18(16-15-17)8-6(4-11-14-13-8)5-20-7-2-3-10-12-7/h3*2-3H,4H2,1H3,(H,11,12);2-4H,5H2,1H3,(H,10,12)/i/hT4. The Labute approximate surface area is 473 Å². The first-order chi connectivity index (χ1) is 41.8. The molecule has 12 rings (SSSR count). The summed E-state index contributed by atoms with van der Waals surface area (Å²) in [6.07, 6.45) is 6.98. The molecular weight excluding hydrogens is 1200 g/mol. The lowest BCUT2D eigenvalue weighted by atomic mass is 10.3. The van der Waals surface area contributed by atoms with E-state index < -0.39 is 28.7 Å². The zero-order valence-corrected chi connectivity index (χ0v) is 44.4. The molecular formula is C36H33BrClFN36O8. The lowest BCUT2D eigenvalue weighted by molar-refractivity contribution is 0.282. The van der Waals surface area contributed by atoms with Crippen LogP contribution in [0.5, 0.6) is 23.5 Å². The molecule has 0 amide bonds. The number of tetrazole rings is 4. The Kier molecular flexibility index (Phi) is 15.8. The van der Waals surface area contributed by atoms with Crippen molar-refractivity contribution in [1.82, 2.24) is 182 Å². The monoisotopic (exact) mass is 1240 g/mol. The second-order valence-electron chi connectivity index (χ2n) is 15.3. The molecule has 0 radical (unpaired) electrons. The van der Waals surface area contributed by atoms with Crippen molar-refractivity contribution in [3.63, 3.8) is 0 Å². The van der Waals surface area contributed by atoms with Crippen LogP contribution in [-0.2, 0) is 54.6 Å². The maximum Gasteiger partial charge on any atom is 0.369 e. The van der Waals surface area contributed by atoms with Crippen molar-refractivity contribution in [1.29, 1.82) is 0 Å². The third-order valence-electron chi connectivity index (χ3n) is 9.98. The minimum absolute atomic E-state index is 0.00152. The van der Waals surface area contributed by atoms with Gasteiger partial charge in [0, 0.05) is 77.2 Å². The van der Waals surface area contributed by atoms with Gasteiger partial charge in [0.05, 0.1) is 28.5 Å².